The SMILES string of the molecule is CCCCCN(CCCCC)C(=O)N1CCN(C(=O)N(c2ccccc2)c2ccccc2)C(C(=O)OCc2ccccc2OC)C1. The summed E-state index contributed by atoms with van der Waals surface area (Å²) in [6.07, 6.45) is 6.09. The van der Waals surface area contributed by atoms with Crippen molar-refractivity contribution >= 4 is 29.4 Å². The van der Waals surface area contributed by atoms with E-state index >= 15 is 0 Å². The van der Waals surface area contributed by atoms with E-state index in [9.17, 15) is 14.4 Å². The molecule has 1 fully saturated rings. The molecule has 0 saturated carbocycles. The predicted octanol–water partition coefficient (Wildman–Crippen LogP) is 7.49. The highest BCUT2D eigenvalue weighted by atomic mass is 16.5. The summed E-state index contributed by atoms with van der Waals surface area (Å²) in [6.45, 7) is 6.18. The third-order valence-electron chi connectivity index (χ3n) is 8.28. The highest BCUT2D eigenvalue weighted by Gasteiger charge is 2.41. The lowest BCUT2D eigenvalue weighted by atomic mass is 10.1. The number of benzene rings is 3. The number of esters is 1. The van der Waals surface area contributed by atoms with Gasteiger partial charge >= 0.3 is 18.0 Å². The van der Waals surface area contributed by atoms with Crippen LogP contribution in [0.4, 0.5) is 21.0 Å². The molecule has 0 radical (unpaired) electrons. The molecule has 1 heterocycles. The molecule has 0 spiro atoms. The number of urea groups is 2. The number of carbonyl (C=O) groups is 3. The van der Waals surface area contributed by atoms with Crippen molar-refractivity contribution < 1.29 is 23.9 Å². The van der Waals surface area contributed by atoms with Gasteiger partial charge in [-0.1, -0.05) is 94.1 Å². The van der Waals surface area contributed by atoms with Crippen molar-refractivity contribution in [2.75, 3.05) is 44.7 Å². The lowest BCUT2D eigenvalue weighted by molar-refractivity contribution is -0.152. The fourth-order valence-electron chi connectivity index (χ4n) is 5.72. The van der Waals surface area contributed by atoms with E-state index in [1.807, 2.05) is 89.8 Å². The number of hydrogen-bond acceptors (Lipinski definition) is 5. The van der Waals surface area contributed by atoms with E-state index in [1.54, 1.807) is 21.8 Å². The number of unbranched alkanes of at least 4 members (excludes halogenated alkanes) is 4. The van der Waals surface area contributed by atoms with E-state index < -0.39 is 12.0 Å². The number of piperazine rings is 1. The van der Waals surface area contributed by atoms with E-state index in [-0.39, 0.29) is 31.8 Å². The second-order valence-corrected chi connectivity index (χ2v) is 11.5. The smallest absolute Gasteiger partial charge is 0.331 e. The summed E-state index contributed by atoms with van der Waals surface area (Å²) in [6, 6.07) is 24.7. The molecule has 46 heavy (non-hydrogen) atoms. The number of para-hydroxylation sites is 3. The monoisotopic (exact) mass is 628 g/mol. The summed E-state index contributed by atoms with van der Waals surface area (Å²) >= 11 is 0. The van der Waals surface area contributed by atoms with Crippen molar-refractivity contribution in [2.24, 2.45) is 0 Å². The number of rotatable bonds is 14. The maximum Gasteiger partial charge on any atom is 0.331 e. The molecule has 0 bridgehead atoms. The zero-order valence-corrected chi connectivity index (χ0v) is 27.5. The summed E-state index contributed by atoms with van der Waals surface area (Å²) in [5.74, 6) is 0.0409. The van der Waals surface area contributed by atoms with Crippen LogP contribution in [0, 0.1) is 0 Å². The molecule has 0 aliphatic carbocycles. The number of nitrogens with zero attached hydrogens (tertiary/aromatic N) is 4. The first-order valence-electron chi connectivity index (χ1n) is 16.5. The van der Waals surface area contributed by atoms with Crippen LogP contribution in [0.1, 0.15) is 57.9 Å². The third-order valence-corrected chi connectivity index (χ3v) is 8.28. The molecule has 1 aliphatic rings. The van der Waals surface area contributed by atoms with Crippen LogP contribution in [0.5, 0.6) is 5.75 Å². The van der Waals surface area contributed by atoms with Crippen molar-refractivity contribution in [1.82, 2.24) is 14.7 Å². The highest BCUT2D eigenvalue weighted by molar-refractivity contribution is 6.01. The van der Waals surface area contributed by atoms with Crippen molar-refractivity contribution in [2.45, 2.75) is 65.0 Å². The van der Waals surface area contributed by atoms with E-state index in [1.165, 1.54) is 0 Å². The van der Waals surface area contributed by atoms with E-state index in [0.29, 0.717) is 42.3 Å². The molecule has 246 valence electrons. The van der Waals surface area contributed by atoms with Crippen LogP contribution in [0.2, 0.25) is 0 Å². The minimum absolute atomic E-state index is 0.0173. The minimum Gasteiger partial charge on any atom is -0.496 e. The Hall–Kier alpha value is -4.53. The number of carbonyl (C=O) groups excluding carboxylic acids is 3. The standard InChI is InChI=1S/C37H48N4O5/c1-4-6-16-24-38(25-17-7-5-2)36(43)39-26-27-40(33(28-39)35(42)46-29-30-18-14-15-23-34(30)45-3)37(44)41(31-19-10-8-11-20-31)32-21-12-9-13-22-32/h8-15,18-23,33H,4-7,16-17,24-29H2,1-3H3. The summed E-state index contributed by atoms with van der Waals surface area (Å²) in [7, 11) is 1.57. The molecular formula is C37H48N4O5. The van der Waals surface area contributed by atoms with Crippen LogP contribution in [-0.4, -0.2) is 78.6 Å². The second kappa shape index (κ2) is 17.8. The Balaban J connectivity index is 1.62. The van der Waals surface area contributed by atoms with Crippen LogP contribution in [0.3, 0.4) is 0 Å². The number of methoxy groups -OCH3 is 1. The van der Waals surface area contributed by atoms with Gasteiger partial charge < -0.3 is 24.2 Å². The van der Waals surface area contributed by atoms with Gasteiger partial charge in [-0.3, -0.25) is 4.90 Å². The first-order chi connectivity index (χ1) is 22.5. The minimum atomic E-state index is -0.997. The Morgan fingerprint density at radius 3 is 1.87 bits per heavy atom. The van der Waals surface area contributed by atoms with Gasteiger partial charge in [0.2, 0.25) is 0 Å². The maximum atomic E-state index is 14.5. The Labute approximate surface area is 273 Å². The number of amides is 4. The van der Waals surface area contributed by atoms with Crippen LogP contribution in [-0.2, 0) is 16.1 Å². The molecule has 3 aromatic rings. The summed E-state index contributed by atoms with van der Waals surface area (Å²) in [4.78, 5) is 49.1. The lowest BCUT2D eigenvalue weighted by Crippen LogP contribution is -2.63. The molecular weight excluding hydrogens is 580 g/mol. The fraction of sp³-hybridized carbons (Fsp3) is 0.432. The zero-order chi connectivity index (χ0) is 32.7. The Bertz CT molecular complexity index is 1340. The van der Waals surface area contributed by atoms with Crippen molar-refractivity contribution in [3.05, 3.63) is 90.5 Å². The summed E-state index contributed by atoms with van der Waals surface area (Å²) < 4.78 is 11.3. The largest absolute Gasteiger partial charge is 0.496 e. The molecule has 9 nitrogen and oxygen atoms in total. The van der Waals surface area contributed by atoms with Crippen molar-refractivity contribution in [1.29, 1.82) is 0 Å². The van der Waals surface area contributed by atoms with E-state index in [2.05, 4.69) is 13.8 Å². The van der Waals surface area contributed by atoms with Gasteiger partial charge in [-0.25, -0.2) is 14.4 Å². The van der Waals surface area contributed by atoms with E-state index in [4.69, 9.17) is 9.47 Å². The Morgan fingerprint density at radius 2 is 1.30 bits per heavy atom. The molecule has 4 amide bonds. The first kappa shape index (κ1) is 34.3. The molecule has 9 heteroatoms. The predicted molar refractivity (Wildman–Crippen MR) is 181 cm³/mol. The molecule has 0 N–H and O–H groups in total. The summed E-state index contributed by atoms with van der Waals surface area (Å²) in [5, 5.41) is 0. The summed E-state index contributed by atoms with van der Waals surface area (Å²) in [5.41, 5.74) is 2.07. The van der Waals surface area contributed by atoms with Crippen LogP contribution < -0.4 is 9.64 Å². The van der Waals surface area contributed by atoms with Gasteiger partial charge in [0.05, 0.1) is 25.0 Å². The van der Waals surface area contributed by atoms with Gasteiger partial charge in [-0.15, -0.1) is 0 Å². The average Bonchev–Trinajstić information content (AvgIpc) is 3.10. The highest BCUT2D eigenvalue weighted by Crippen LogP contribution is 2.29. The molecule has 3 aromatic carbocycles. The van der Waals surface area contributed by atoms with Gasteiger partial charge in [0.1, 0.15) is 18.4 Å². The average molecular weight is 629 g/mol. The number of ether oxygens (including phenoxy) is 2. The van der Waals surface area contributed by atoms with Gasteiger partial charge in [0.15, 0.2) is 0 Å². The molecule has 1 atom stereocenters. The quantitative estimate of drug-likeness (QED) is 0.137. The number of hydrogen-bond donors (Lipinski definition) is 0. The lowest BCUT2D eigenvalue weighted by Gasteiger charge is -2.43. The maximum absolute atomic E-state index is 14.5. The van der Waals surface area contributed by atoms with Crippen LogP contribution in [0.15, 0.2) is 84.9 Å². The number of anilines is 2. The molecule has 1 aliphatic heterocycles. The van der Waals surface area contributed by atoms with E-state index in [0.717, 1.165) is 38.5 Å². The van der Waals surface area contributed by atoms with Gasteiger partial charge in [0.25, 0.3) is 0 Å². The fourth-order valence-corrected chi connectivity index (χ4v) is 5.72. The molecule has 0 aromatic heterocycles. The normalized spacial score (nSPS) is 14.5. The zero-order valence-electron chi connectivity index (χ0n) is 27.5. The molecule has 4 rings (SSSR count). The second-order valence-electron chi connectivity index (χ2n) is 11.5. The van der Waals surface area contributed by atoms with Crippen molar-refractivity contribution in [3.63, 3.8) is 0 Å². The van der Waals surface area contributed by atoms with Crippen LogP contribution >= 0.6 is 0 Å². The Kier molecular flexibility index (Phi) is 13.3. The molecule has 1 saturated heterocycles. The molecule has 1 unspecified atom stereocenters. The Morgan fingerprint density at radius 1 is 0.739 bits per heavy atom. The third kappa shape index (κ3) is 9.02. The van der Waals surface area contributed by atoms with Gasteiger partial charge in [0, 0.05) is 31.7 Å². The topological polar surface area (TPSA) is 82.6 Å². The van der Waals surface area contributed by atoms with Crippen LogP contribution in [0.25, 0.3) is 0 Å². The van der Waals surface area contributed by atoms with Gasteiger partial charge in [-0.2, -0.15) is 0 Å². The van der Waals surface area contributed by atoms with Crippen molar-refractivity contribution in [3.8, 4) is 5.75 Å². The van der Waals surface area contributed by atoms with Gasteiger partial charge in [-0.05, 0) is 43.2 Å². The first-order valence-corrected chi connectivity index (χ1v) is 16.5.